The fraction of sp³-hybridized carbons (Fsp3) is 0.800. The largest absolute Gasteiger partial charge is 0.378 e. The minimum Gasteiger partial charge on any atom is -0.378 e. The lowest BCUT2D eigenvalue weighted by Crippen LogP contribution is -1.91. The van der Waals surface area contributed by atoms with Crippen LogP contribution in [0.4, 0.5) is 0 Å². The molecule has 4 heteroatoms. The number of alkyl halides is 1. The second kappa shape index (κ2) is 10.6. The molecule has 0 aromatic carbocycles. The second-order valence-corrected chi connectivity index (χ2v) is 1.83. The summed E-state index contributed by atoms with van der Waals surface area (Å²) in [6, 6.07) is 0. The van der Waals surface area contributed by atoms with E-state index in [1.165, 1.54) is 0 Å². The minimum atomic E-state index is -0.630. The van der Waals surface area contributed by atoms with Crippen LogP contribution in [0, 0.1) is 5.41 Å². The number of carbonyl (C=O) groups excluding carboxylic acids is 1. The Labute approximate surface area is 59.1 Å². The third-order valence-corrected chi connectivity index (χ3v) is 0.745. The van der Waals surface area contributed by atoms with Crippen LogP contribution in [-0.4, -0.2) is 16.7 Å². The number of rotatable bonds is 2. The van der Waals surface area contributed by atoms with Crippen molar-refractivity contribution in [3.05, 3.63) is 0 Å². The normalized spacial score (nSPS) is 10.6. The van der Waals surface area contributed by atoms with Gasteiger partial charge in [0, 0.05) is 0 Å². The van der Waals surface area contributed by atoms with Gasteiger partial charge in [0.2, 0.25) is 6.08 Å². The van der Waals surface area contributed by atoms with E-state index in [1.54, 1.807) is 0 Å². The number of aliphatic hydroxyl groups excluding tert-OH is 1. The van der Waals surface area contributed by atoms with Crippen LogP contribution in [0.2, 0.25) is 0 Å². The highest BCUT2D eigenvalue weighted by Crippen LogP contribution is 1.97. The molecule has 0 aromatic rings. The maximum atomic E-state index is 8.35. The summed E-state index contributed by atoms with van der Waals surface area (Å²) < 4.78 is 0. The van der Waals surface area contributed by atoms with Gasteiger partial charge in [0.25, 0.3) is 0 Å². The molecule has 54 valence electrons. The fourth-order valence-electron chi connectivity index (χ4n) is 0.238. The van der Waals surface area contributed by atoms with Gasteiger partial charge in [0.05, 0.1) is 0 Å². The number of aliphatic hydroxyl groups is 1. The van der Waals surface area contributed by atoms with Gasteiger partial charge in [-0.3, -0.25) is 0 Å². The van der Waals surface area contributed by atoms with Gasteiger partial charge in [-0.05, 0) is 6.42 Å². The first-order valence-electron chi connectivity index (χ1n) is 2.55. The molecule has 2 N–H and O–H groups in total. The van der Waals surface area contributed by atoms with Gasteiger partial charge in [-0.15, -0.1) is 0 Å². The number of hydrogen-bond donors (Lipinski definition) is 2. The Hall–Kier alpha value is -0.370. The monoisotopic (exact) mass is 151 g/mol. The van der Waals surface area contributed by atoms with E-state index in [0.717, 1.165) is 12.5 Å². The zero-order valence-electron chi connectivity index (χ0n) is 5.22. The van der Waals surface area contributed by atoms with Crippen LogP contribution in [-0.2, 0) is 4.79 Å². The van der Waals surface area contributed by atoms with Gasteiger partial charge < -0.3 is 5.11 Å². The van der Waals surface area contributed by atoms with Crippen molar-refractivity contribution in [3.8, 4) is 0 Å². The van der Waals surface area contributed by atoms with E-state index in [-0.39, 0.29) is 0 Å². The molecule has 0 aliphatic rings. The Kier molecular flexibility index (Phi) is 13.4. The van der Waals surface area contributed by atoms with Crippen molar-refractivity contribution >= 4 is 17.7 Å². The van der Waals surface area contributed by atoms with Crippen LogP contribution in [0.3, 0.4) is 0 Å². The molecular formula is C5H10ClNO2. The molecule has 0 aliphatic carbocycles. The Balaban J connectivity index is 0. The Morgan fingerprint density at radius 3 is 2.22 bits per heavy atom. The van der Waals surface area contributed by atoms with Crippen LogP contribution >= 0.6 is 11.6 Å². The summed E-state index contributed by atoms with van der Waals surface area (Å²) in [5.41, 5.74) is -0.630. The van der Waals surface area contributed by atoms with Crippen molar-refractivity contribution in [1.29, 1.82) is 5.41 Å². The van der Waals surface area contributed by atoms with E-state index >= 15 is 0 Å². The molecule has 3 nitrogen and oxygen atoms in total. The predicted molar refractivity (Wildman–Crippen MR) is 35.2 cm³/mol. The van der Waals surface area contributed by atoms with Crippen molar-refractivity contribution in [2.75, 3.05) is 0 Å². The average molecular weight is 152 g/mol. The first kappa shape index (κ1) is 11.4. The number of isocyanates is 1. The summed E-state index contributed by atoms with van der Waals surface area (Å²) >= 11 is 5.13. The van der Waals surface area contributed by atoms with Gasteiger partial charge in [-0.25, -0.2) is 10.2 Å². The molecule has 0 heterocycles. The maximum Gasteiger partial charge on any atom is 0.231 e. The molecule has 1 atom stereocenters. The van der Waals surface area contributed by atoms with Crippen LogP contribution in [0.5, 0.6) is 0 Å². The maximum absolute atomic E-state index is 8.35. The standard InChI is InChI=1S/C4H9ClO.CHNO/c1-2-3-4(5)6;2-1-3/h4,6H,2-3H2,1H3;2H. The summed E-state index contributed by atoms with van der Waals surface area (Å²) in [6.07, 6.45) is 2.40. The van der Waals surface area contributed by atoms with Gasteiger partial charge >= 0.3 is 0 Å². The van der Waals surface area contributed by atoms with Crippen molar-refractivity contribution in [2.45, 2.75) is 25.3 Å². The lowest BCUT2D eigenvalue weighted by atomic mass is 10.4. The number of nitrogens with one attached hydrogen (secondary N) is 1. The van der Waals surface area contributed by atoms with Gasteiger partial charge in [0.1, 0.15) is 5.56 Å². The van der Waals surface area contributed by atoms with Crippen molar-refractivity contribution in [2.24, 2.45) is 0 Å². The summed E-state index contributed by atoms with van der Waals surface area (Å²) in [5, 5.41) is 13.7. The van der Waals surface area contributed by atoms with Crippen molar-refractivity contribution in [3.63, 3.8) is 0 Å². The molecule has 0 radical (unpaired) electrons. The Bertz CT molecular complexity index is 79.0. The Morgan fingerprint density at radius 1 is 1.89 bits per heavy atom. The highest BCUT2D eigenvalue weighted by atomic mass is 35.5. The molecule has 0 aliphatic heterocycles. The quantitative estimate of drug-likeness (QED) is 0.355. The molecule has 0 spiro atoms. The molecule has 0 saturated heterocycles. The molecule has 0 bridgehead atoms. The summed E-state index contributed by atoms with van der Waals surface area (Å²) in [5.74, 6) is 0. The minimum absolute atomic E-state index is 0.630. The van der Waals surface area contributed by atoms with Gasteiger partial charge in [-0.1, -0.05) is 24.9 Å². The number of halogens is 1. The molecule has 0 rings (SSSR count). The van der Waals surface area contributed by atoms with Crippen LogP contribution in [0.1, 0.15) is 19.8 Å². The summed E-state index contributed by atoms with van der Waals surface area (Å²) in [4.78, 5) is 8.35. The molecular weight excluding hydrogens is 142 g/mol. The van der Waals surface area contributed by atoms with Crippen LogP contribution in [0.15, 0.2) is 0 Å². The lowest BCUT2D eigenvalue weighted by molar-refractivity contribution is 0.244. The smallest absolute Gasteiger partial charge is 0.231 e. The van der Waals surface area contributed by atoms with E-state index in [9.17, 15) is 0 Å². The lowest BCUT2D eigenvalue weighted by Gasteiger charge is -1.92. The van der Waals surface area contributed by atoms with E-state index in [0.29, 0.717) is 6.42 Å². The molecule has 1 unspecified atom stereocenters. The summed E-state index contributed by atoms with van der Waals surface area (Å²) in [7, 11) is 0. The zero-order valence-corrected chi connectivity index (χ0v) is 5.98. The predicted octanol–water partition coefficient (Wildman–Crippen LogP) is 1.24. The fourth-order valence-corrected chi connectivity index (χ4v) is 0.456. The average Bonchev–Trinajstić information content (AvgIpc) is 1.67. The first-order valence-corrected chi connectivity index (χ1v) is 2.98. The van der Waals surface area contributed by atoms with Crippen molar-refractivity contribution < 1.29 is 9.90 Å². The topological polar surface area (TPSA) is 61.1 Å². The molecule has 9 heavy (non-hydrogen) atoms. The third-order valence-electron chi connectivity index (χ3n) is 0.527. The summed E-state index contributed by atoms with van der Waals surface area (Å²) in [6.45, 7) is 1.98. The van der Waals surface area contributed by atoms with Gasteiger partial charge in [-0.2, -0.15) is 0 Å². The Morgan fingerprint density at radius 2 is 2.22 bits per heavy atom. The number of hydrogen-bond acceptors (Lipinski definition) is 3. The van der Waals surface area contributed by atoms with Crippen molar-refractivity contribution in [1.82, 2.24) is 0 Å². The van der Waals surface area contributed by atoms with Crippen LogP contribution < -0.4 is 0 Å². The zero-order chi connectivity index (χ0) is 7.70. The SMILES string of the molecule is CCCC(O)Cl.N=C=O. The highest BCUT2D eigenvalue weighted by Gasteiger charge is 1.90. The molecule has 0 fully saturated rings. The third kappa shape index (κ3) is 35.0. The van der Waals surface area contributed by atoms with Crippen LogP contribution in [0.25, 0.3) is 0 Å². The molecule has 0 aromatic heterocycles. The second-order valence-electron chi connectivity index (χ2n) is 1.33. The molecule has 0 saturated carbocycles. The van der Waals surface area contributed by atoms with E-state index < -0.39 is 5.56 Å². The highest BCUT2D eigenvalue weighted by molar-refractivity contribution is 6.19. The first-order chi connectivity index (χ1) is 4.18. The van der Waals surface area contributed by atoms with E-state index in [2.05, 4.69) is 0 Å². The van der Waals surface area contributed by atoms with Gasteiger partial charge in [0.15, 0.2) is 0 Å². The van der Waals surface area contributed by atoms with E-state index in [1.807, 2.05) is 6.92 Å². The molecule has 0 amide bonds. The van der Waals surface area contributed by atoms with E-state index in [4.69, 9.17) is 26.9 Å².